The lowest BCUT2D eigenvalue weighted by molar-refractivity contribution is 0.745. The van der Waals surface area contributed by atoms with Crippen LogP contribution in [0, 0.1) is 0 Å². The fourth-order valence-electron chi connectivity index (χ4n) is 0.268. The van der Waals surface area contributed by atoms with Crippen molar-refractivity contribution in [2.75, 3.05) is 13.2 Å². The van der Waals surface area contributed by atoms with E-state index in [1.165, 1.54) is 0 Å². The van der Waals surface area contributed by atoms with Crippen molar-refractivity contribution in [2.24, 2.45) is 4.99 Å². The summed E-state index contributed by atoms with van der Waals surface area (Å²) in [5, 5.41) is 3.05. The van der Waals surface area contributed by atoms with Crippen LogP contribution in [-0.4, -0.2) is 19.4 Å². The second-order valence-corrected chi connectivity index (χ2v) is 1.20. The molecule has 0 amide bonds. The van der Waals surface area contributed by atoms with Crippen LogP contribution in [0.4, 0.5) is 0 Å². The van der Waals surface area contributed by atoms with Crippen molar-refractivity contribution < 1.29 is 0 Å². The van der Waals surface area contributed by atoms with Gasteiger partial charge in [-0.1, -0.05) is 6.92 Å². The van der Waals surface area contributed by atoms with E-state index in [-0.39, 0.29) is 0 Å². The van der Waals surface area contributed by atoms with Crippen molar-refractivity contribution in [3.8, 4) is 0 Å². The monoisotopic (exact) mass is 100 g/mol. The third-order valence-corrected chi connectivity index (χ3v) is 0.636. The minimum absolute atomic E-state index is 0.757. The zero-order chi connectivity index (χ0) is 5.54. The molecule has 0 spiro atoms. The van der Waals surface area contributed by atoms with E-state index in [1.807, 2.05) is 6.92 Å². The second-order valence-electron chi connectivity index (χ2n) is 1.20. The standard InChI is InChI=1S/C5H12N2/c1-3-6-5-7-4-2/h3,7H,4-5H2,1-2H3/b6-3-. The number of nitrogens with one attached hydrogen (secondary N) is 1. The number of hydrogen-bond donors (Lipinski definition) is 1. The summed E-state index contributed by atoms with van der Waals surface area (Å²) in [4.78, 5) is 3.93. The van der Waals surface area contributed by atoms with Gasteiger partial charge >= 0.3 is 0 Å². The van der Waals surface area contributed by atoms with Crippen molar-refractivity contribution in [2.45, 2.75) is 13.8 Å². The Morgan fingerprint density at radius 3 is 2.86 bits per heavy atom. The molecule has 0 saturated heterocycles. The van der Waals surface area contributed by atoms with Gasteiger partial charge in [0, 0.05) is 0 Å². The smallest absolute Gasteiger partial charge is 0.0880 e. The first kappa shape index (κ1) is 6.63. The Bertz CT molecular complexity index is 50.0. The summed E-state index contributed by atoms with van der Waals surface area (Å²) in [5.41, 5.74) is 0. The van der Waals surface area contributed by atoms with E-state index in [0.29, 0.717) is 0 Å². The van der Waals surface area contributed by atoms with Crippen molar-refractivity contribution in [3.05, 3.63) is 0 Å². The zero-order valence-corrected chi connectivity index (χ0v) is 4.94. The molecule has 7 heavy (non-hydrogen) atoms. The molecule has 1 N–H and O–H groups in total. The highest BCUT2D eigenvalue weighted by molar-refractivity contribution is 5.52. The van der Waals surface area contributed by atoms with Crippen molar-refractivity contribution in [1.29, 1.82) is 0 Å². The number of rotatable bonds is 3. The third kappa shape index (κ3) is 5.63. The second kappa shape index (κ2) is 5.63. The molecule has 0 unspecified atom stereocenters. The lowest BCUT2D eigenvalue weighted by Gasteiger charge is -1.89. The molecule has 0 aromatic rings. The zero-order valence-electron chi connectivity index (χ0n) is 4.94. The van der Waals surface area contributed by atoms with Crippen LogP contribution in [-0.2, 0) is 0 Å². The first-order valence-electron chi connectivity index (χ1n) is 2.57. The van der Waals surface area contributed by atoms with E-state index < -0.39 is 0 Å². The van der Waals surface area contributed by atoms with Gasteiger partial charge in [-0.15, -0.1) is 0 Å². The van der Waals surface area contributed by atoms with E-state index in [4.69, 9.17) is 0 Å². The molecule has 0 aromatic carbocycles. The van der Waals surface area contributed by atoms with Gasteiger partial charge in [0.1, 0.15) is 0 Å². The van der Waals surface area contributed by atoms with Crippen LogP contribution in [0.2, 0.25) is 0 Å². The number of aliphatic imine (C=N–C) groups is 1. The predicted octanol–water partition coefficient (Wildman–Crippen LogP) is 0.644. The average molecular weight is 100 g/mol. The maximum absolute atomic E-state index is 3.93. The van der Waals surface area contributed by atoms with E-state index in [0.717, 1.165) is 13.2 Å². The topological polar surface area (TPSA) is 24.4 Å². The fourth-order valence-corrected chi connectivity index (χ4v) is 0.268. The largest absolute Gasteiger partial charge is 0.299 e. The van der Waals surface area contributed by atoms with Crippen LogP contribution >= 0.6 is 0 Å². The first-order valence-corrected chi connectivity index (χ1v) is 2.57. The lowest BCUT2D eigenvalue weighted by atomic mass is 10.7. The molecule has 0 bridgehead atoms. The molecule has 0 atom stereocenters. The molecular weight excluding hydrogens is 88.1 g/mol. The molecule has 2 nitrogen and oxygen atoms in total. The van der Waals surface area contributed by atoms with Crippen molar-refractivity contribution >= 4 is 6.21 Å². The summed E-state index contributed by atoms with van der Waals surface area (Å²) < 4.78 is 0. The highest BCUT2D eigenvalue weighted by Gasteiger charge is 1.68. The molecule has 42 valence electrons. The van der Waals surface area contributed by atoms with E-state index >= 15 is 0 Å². The molecule has 0 aromatic heterocycles. The van der Waals surface area contributed by atoms with Gasteiger partial charge in [-0.3, -0.25) is 10.3 Å². The lowest BCUT2D eigenvalue weighted by Crippen LogP contribution is -2.11. The van der Waals surface area contributed by atoms with Crippen LogP contribution in [0.15, 0.2) is 4.99 Å². The summed E-state index contributed by atoms with van der Waals surface area (Å²) in [7, 11) is 0. The summed E-state index contributed by atoms with van der Waals surface area (Å²) in [6.07, 6.45) is 1.79. The van der Waals surface area contributed by atoms with Crippen LogP contribution < -0.4 is 5.32 Å². The van der Waals surface area contributed by atoms with Gasteiger partial charge < -0.3 is 0 Å². The average Bonchev–Trinajstić information content (AvgIpc) is 1.69. The van der Waals surface area contributed by atoms with Gasteiger partial charge in [0.15, 0.2) is 0 Å². The predicted molar refractivity (Wildman–Crippen MR) is 32.7 cm³/mol. The van der Waals surface area contributed by atoms with E-state index in [1.54, 1.807) is 6.21 Å². The molecular formula is C5H12N2. The Kier molecular flexibility index (Phi) is 5.33. The Hall–Kier alpha value is -0.370. The highest BCUT2D eigenvalue weighted by Crippen LogP contribution is 1.58. The van der Waals surface area contributed by atoms with E-state index in [2.05, 4.69) is 17.2 Å². The SMILES string of the molecule is C/C=N\CNCC. The third-order valence-electron chi connectivity index (χ3n) is 0.636. The summed E-state index contributed by atoms with van der Waals surface area (Å²) in [6.45, 7) is 5.73. The molecule has 2 heteroatoms. The van der Waals surface area contributed by atoms with Crippen molar-refractivity contribution in [3.63, 3.8) is 0 Å². The van der Waals surface area contributed by atoms with Gasteiger partial charge in [0.05, 0.1) is 6.67 Å². The molecule has 0 rings (SSSR count). The Morgan fingerprint density at radius 1 is 1.71 bits per heavy atom. The summed E-state index contributed by atoms with van der Waals surface area (Å²) >= 11 is 0. The van der Waals surface area contributed by atoms with Gasteiger partial charge in [0.2, 0.25) is 0 Å². The molecule has 0 radical (unpaired) electrons. The van der Waals surface area contributed by atoms with Crippen LogP contribution in [0.1, 0.15) is 13.8 Å². The van der Waals surface area contributed by atoms with E-state index in [9.17, 15) is 0 Å². The van der Waals surface area contributed by atoms with Crippen LogP contribution in [0.25, 0.3) is 0 Å². The van der Waals surface area contributed by atoms with Crippen LogP contribution in [0.3, 0.4) is 0 Å². The number of nitrogens with zero attached hydrogens (tertiary/aromatic N) is 1. The van der Waals surface area contributed by atoms with Gasteiger partial charge in [-0.05, 0) is 19.7 Å². The minimum Gasteiger partial charge on any atom is -0.299 e. The molecule has 0 heterocycles. The molecule has 0 aliphatic rings. The fraction of sp³-hybridized carbons (Fsp3) is 0.800. The number of hydrogen-bond acceptors (Lipinski definition) is 2. The highest BCUT2D eigenvalue weighted by atomic mass is 15.0. The molecule has 0 fully saturated rings. The Balaban J connectivity index is 2.69. The minimum atomic E-state index is 0.757. The van der Waals surface area contributed by atoms with Gasteiger partial charge in [-0.25, -0.2) is 0 Å². The normalized spacial score (nSPS) is 10.6. The van der Waals surface area contributed by atoms with Crippen molar-refractivity contribution in [1.82, 2.24) is 5.32 Å². The van der Waals surface area contributed by atoms with Gasteiger partial charge in [0.25, 0.3) is 0 Å². The summed E-state index contributed by atoms with van der Waals surface area (Å²) in [6, 6.07) is 0. The van der Waals surface area contributed by atoms with Crippen LogP contribution in [0.5, 0.6) is 0 Å². The molecule has 0 aliphatic carbocycles. The maximum atomic E-state index is 3.93. The quantitative estimate of drug-likeness (QED) is 0.408. The Morgan fingerprint density at radius 2 is 2.43 bits per heavy atom. The Labute approximate surface area is 44.6 Å². The molecule has 0 aliphatic heterocycles. The first-order chi connectivity index (χ1) is 3.41. The van der Waals surface area contributed by atoms with Gasteiger partial charge in [-0.2, -0.15) is 0 Å². The maximum Gasteiger partial charge on any atom is 0.0880 e. The molecule has 0 saturated carbocycles. The summed E-state index contributed by atoms with van der Waals surface area (Å²) in [5.74, 6) is 0.